The van der Waals surface area contributed by atoms with Gasteiger partial charge in [-0.25, -0.2) is 19.7 Å². The minimum Gasteiger partial charge on any atom is -0.444 e. The van der Waals surface area contributed by atoms with Crippen molar-refractivity contribution in [3.05, 3.63) is 94.8 Å². The maximum absolute atomic E-state index is 13.6. The first-order valence-electron chi connectivity index (χ1n) is 20.0. The first kappa shape index (κ1) is 40.8. The van der Waals surface area contributed by atoms with Crippen LogP contribution in [0, 0.1) is 12.8 Å². The van der Waals surface area contributed by atoms with Crippen LogP contribution in [0.1, 0.15) is 80.1 Å². The molecule has 58 heavy (non-hydrogen) atoms. The molecule has 304 valence electrons. The number of ketones is 1. The summed E-state index contributed by atoms with van der Waals surface area (Å²) >= 11 is 1.79. The Balaban J connectivity index is 0.991. The number of anilines is 3. The van der Waals surface area contributed by atoms with Crippen LogP contribution >= 0.6 is 11.3 Å². The molecule has 2 aromatic carbocycles. The SMILES string of the molecule is CC(=O)N(c1cccc(C(=O)CC2CN(c3cc4c(NC(C)c5ccc(-c6ccccc6CN(C)C)s5)nc(C)nc4cn3)C2)c1)[C@@H]1CCN(C(=O)OC(C)(C)C)C1. The maximum Gasteiger partial charge on any atom is 0.410 e. The van der Waals surface area contributed by atoms with Gasteiger partial charge in [-0.05, 0) is 96.6 Å². The number of hydrogen-bond acceptors (Lipinski definition) is 11. The Morgan fingerprint density at radius 3 is 2.52 bits per heavy atom. The van der Waals surface area contributed by atoms with Gasteiger partial charge in [0.2, 0.25) is 5.91 Å². The molecule has 1 N–H and O–H groups in total. The number of thiophene rings is 1. The van der Waals surface area contributed by atoms with Crippen molar-refractivity contribution in [3.63, 3.8) is 0 Å². The molecule has 3 aromatic heterocycles. The smallest absolute Gasteiger partial charge is 0.410 e. The van der Waals surface area contributed by atoms with Crippen LogP contribution < -0.4 is 15.1 Å². The van der Waals surface area contributed by atoms with Crippen LogP contribution in [0.5, 0.6) is 0 Å². The third-order valence-corrected chi connectivity index (χ3v) is 11.9. The fourth-order valence-electron chi connectivity index (χ4n) is 7.86. The Labute approximate surface area is 345 Å². The number of nitrogens with zero attached hydrogens (tertiary/aromatic N) is 7. The highest BCUT2D eigenvalue weighted by Gasteiger charge is 2.35. The fraction of sp³-hybridized carbons (Fsp3) is 0.422. The van der Waals surface area contributed by atoms with E-state index >= 15 is 0 Å². The summed E-state index contributed by atoms with van der Waals surface area (Å²) in [5, 5.41) is 4.57. The zero-order valence-corrected chi connectivity index (χ0v) is 35.6. The van der Waals surface area contributed by atoms with Gasteiger partial charge in [0.25, 0.3) is 0 Å². The summed E-state index contributed by atoms with van der Waals surface area (Å²) < 4.78 is 5.56. The van der Waals surface area contributed by atoms with Gasteiger partial charge in [-0.3, -0.25) is 9.59 Å². The quantitative estimate of drug-likeness (QED) is 0.123. The lowest BCUT2D eigenvalue weighted by Gasteiger charge is -2.40. The van der Waals surface area contributed by atoms with Crippen molar-refractivity contribution >= 4 is 57.3 Å². The largest absolute Gasteiger partial charge is 0.444 e. The molecule has 1 unspecified atom stereocenters. The minimum atomic E-state index is -0.599. The van der Waals surface area contributed by atoms with E-state index in [1.54, 1.807) is 27.2 Å². The van der Waals surface area contributed by atoms with Crippen molar-refractivity contribution in [3.8, 4) is 10.4 Å². The number of pyridine rings is 1. The highest BCUT2D eigenvalue weighted by atomic mass is 32.1. The highest BCUT2D eigenvalue weighted by molar-refractivity contribution is 7.15. The van der Waals surface area contributed by atoms with Gasteiger partial charge in [0, 0.05) is 78.4 Å². The molecule has 0 spiro atoms. The lowest BCUT2D eigenvalue weighted by Crippen LogP contribution is -2.48. The monoisotopic (exact) mass is 802 g/mol. The summed E-state index contributed by atoms with van der Waals surface area (Å²) in [5.74, 6) is 2.33. The predicted molar refractivity (Wildman–Crippen MR) is 232 cm³/mol. The van der Waals surface area contributed by atoms with Gasteiger partial charge in [0.1, 0.15) is 23.1 Å². The number of benzene rings is 2. The van der Waals surface area contributed by atoms with Crippen LogP contribution in [-0.2, 0) is 16.1 Å². The summed E-state index contributed by atoms with van der Waals surface area (Å²) in [6.45, 7) is 14.2. The summed E-state index contributed by atoms with van der Waals surface area (Å²) in [6, 6.07) is 22.1. The van der Waals surface area contributed by atoms with Gasteiger partial charge in [-0.2, -0.15) is 0 Å². The van der Waals surface area contributed by atoms with E-state index in [2.05, 4.69) is 77.5 Å². The van der Waals surface area contributed by atoms with Crippen molar-refractivity contribution < 1.29 is 19.1 Å². The molecule has 0 radical (unpaired) electrons. The van der Waals surface area contributed by atoms with Gasteiger partial charge in [0.15, 0.2) is 5.78 Å². The number of carbonyl (C=O) groups excluding carboxylic acids is 3. The molecule has 13 heteroatoms. The first-order chi connectivity index (χ1) is 27.6. The van der Waals surface area contributed by atoms with E-state index in [4.69, 9.17) is 14.7 Å². The average molecular weight is 803 g/mol. The molecule has 12 nitrogen and oxygen atoms in total. The number of ether oxygens (including phenoxy) is 1. The van der Waals surface area contributed by atoms with Gasteiger partial charge in [-0.15, -0.1) is 11.3 Å². The lowest BCUT2D eigenvalue weighted by atomic mass is 9.91. The lowest BCUT2D eigenvalue weighted by molar-refractivity contribution is -0.117. The van der Waals surface area contributed by atoms with Crippen molar-refractivity contribution in [2.24, 2.45) is 5.92 Å². The number of nitrogens with one attached hydrogen (secondary N) is 1. The van der Waals surface area contributed by atoms with E-state index in [9.17, 15) is 14.4 Å². The van der Waals surface area contributed by atoms with E-state index in [-0.39, 0.29) is 35.8 Å². The Morgan fingerprint density at radius 2 is 1.78 bits per heavy atom. The molecule has 0 bridgehead atoms. The number of aromatic nitrogens is 3. The molecular formula is C45H54N8O4S. The van der Waals surface area contributed by atoms with Crippen LogP contribution in [-0.4, -0.2) is 94.5 Å². The van der Waals surface area contributed by atoms with Crippen molar-refractivity contribution in [1.29, 1.82) is 0 Å². The summed E-state index contributed by atoms with van der Waals surface area (Å²) in [5.41, 5.74) is 3.97. The Morgan fingerprint density at radius 1 is 1.00 bits per heavy atom. The predicted octanol–water partition coefficient (Wildman–Crippen LogP) is 8.37. The van der Waals surface area contributed by atoms with E-state index in [0.29, 0.717) is 56.1 Å². The number of rotatable bonds is 12. The average Bonchev–Trinajstić information content (AvgIpc) is 3.84. The normalized spacial score (nSPS) is 16.4. The van der Waals surface area contributed by atoms with E-state index in [1.807, 2.05) is 58.2 Å². The standard InChI is InChI=1S/C45H54N8O4S/c1-28(40-16-17-41(58-40)36-15-10-9-12-33(36)26-50(7)8)47-43-37-22-42(46-23-38(37)48-29(2)49-43)52-24-31(25-52)20-39(55)32-13-11-14-34(21-32)53(30(3)54)35-18-19-51(27-35)44(56)57-45(4,5)6/h9-17,21-23,28,31,35H,18-20,24-27H2,1-8H3,(H,47,48,49)/t28?,35-/m1/s1. The zero-order valence-electron chi connectivity index (χ0n) is 34.8. The third kappa shape index (κ3) is 9.32. The van der Waals surface area contributed by atoms with Crippen LogP contribution in [0.3, 0.4) is 0 Å². The molecular weight excluding hydrogens is 749 g/mol. The van der Waals surface area contributed by atoms with Crippen LogP contribution in [0.2, 0.25) is 0 Å². The minimum absolute atomic E-state index is 0.0133. The molecule has 2 aliphatic heterocycles. The first-order valence-corrected chi connectivity index (χ1v) is 20.8. The number of hydrogen-bond donors (Lipinski definition) is 1. The van der Waals surface area contributed by atoms with Gasteiger partial charge < -0.3 is 29.7 Å². The molecule has 7 rings (SSSR count). The van der Waals surface area contributed by atoms with Crippen LogP contribution in [0.4, 0.5) is 22.1 Å². The summed E-state index contributed by atoms with van der Waals surface area (Å²) in [7, 11) is 4.18. The summed E-state index contributed by atoms with van der Waals surface area (Å²) in [6.07, 6.45) is 2.44. The van der Waals surface area contributed by atoms with Gasteiger partial charge in [0.05, 0.1) is 23.8 Å². The van der Waals surface area contributed by atoms with E-state index in [0.717, 1.165) is 29.1 Å². The second-order valence-electron chi connectivity index (χ2n) is 16.8. The molecule has 2 aliphatic rings. The van der Waals surface area contributed by atoms with Crippen molar-refractivity contribution in [2.75, 3.05) is 55.4 Å². The van der Waals surface area contributed by atoms with E-state index < -0.39 is 5.60 Å². The molecule has 5 aromatic rings. The number of carbonyl (C=O) groups is 3. The molecule has 2 saturated heterocycles. The second kappa shape index (κ2) is 16.8. The molecule has 2 amide bonds. The summed E-state index contributed by atoms with van der Waals surface area (Å²) in [4.78, 5) is 63.7. The number of likely N-dealkylation sites (tertiary alicyclic amines) is 1. The number of Topliss-reactive ketones (excluding diaryl/α,β-unsaturated/α-hetero) is 1. The maximum atomic E-state index is 13.6. The van der Waals surface area contributed by atoms with Crippen LogP contribution in [0.15, 0.2) is 72.9 Å². The number of aryl methyl sites for hydroxylation is 1. The topological polar surface area (TPSA) is 124 Å². The van der Waals surface area contributed by atoms with Gasteiger partial charge in [-0.1, -0.05) is 36.4 Å². The molecule has 2 fully saturated rings. The van der Waals surface area contributed by atoms with Gasteiger partial charge >= 0.3 is 6.09 Å². The molecule has 5 heterocycles. The fourth-order valence-corrected chi connectivity index (χ4v) is 8.93. The highest BCUT2D eigenvalue weighted by Crippen LogP contribution is 2.37. The van der Waals surface area contributed by atoms with Crippen LogP contribution in [0.25, 0.3) is 21.3 Å². The number of fused-ring (bicyclic) bond motifs is 1. The molecule has 0 saturated carbocycles. The Hall–Kier alpha value is -5.40. The third-order valence-electron chi connectivity index (χ3n) is 10.6. The number of amides is 2. The Kier molecular flexibility index (Phi) is 11.8. The van der Waals surface area contributed by atoms with Crippen molar-refractivity contribution in [2.45, 2.75) is 78.6 Å². The zero-order chi connectivity index (χ0) is 41.3. The van der Waals surface area contributed by atoms with E-state index in [1.165, 1.54) is 27.8 Å². The van der Waals surface area contributed by atoms with Crippen molar-refractivity contribution in [1.82, 2.24) is 24.8 Å². The molecule has 2 atom stereocenters. The molecule has 0 aliphatic carbocycles. The second-order valence-corrected chi connectivity index (χ2v) is 18.0. The Bertz CT molecular complexity index is 2310.